The van der Waals surface area contributed by atoms with Crippen molar-refractivity contribution < 1.29 is 9.53 Å². The zero-order valence-electron chi connectivity index (χ0n) is 13.7. The lowest BCUT2D eigenvalue weighted by Crippen LogP contribution is -2.27. The fourth-order valence-corrected chi connectivity index (χ4v) is 2.74. The van der Waals surface area contributed by atoms with E-state index in [0.717, 1.165) is 19.3 Å². The summed E-state index contributed by atoms with van der Waals surface area (Å²) in [5, 5.41) is 0. The van der Waals surface area contributed by atoms with Crippen LogP contribution in [0, 0.1) is 5.92 Å². The smallest absolute Gasteiger partial charge is 0.309 e. The van der Waals surface area contributed by atoms with Gasteiger partial charge in [-0.3, -0.25) is 4.79 Å². The summed E-state index contributed by atoms with van der Waals surface area (Å²) in [4.78, 5) is 11.7. The van der Waals surface area contributed by atoms with Crippen LogP contribution in [0.5, 0.6) is 0 Å². The molecule has 0 aliphatic heterocycles. The lowest BCUT2D eigenvalue weighted by molar-refractivity contribution is -0.156. The van der Waals surface area contributed by atoms with E-state index >= 15 is 0 Å². The molecule has 0 N–H and O–H groups in total. The maximum atomic E-state index is 11.7. The second-order valence-corrected chi connectivity index (χ2v) is 6.49. The molecular weight excluding hydrogens is 248 g/mol. The van der Waals surface area contributed by atoms with E-state index in [9.17, 15) is 4.79 Å². The number of hydrogen-bond donors (Lipinski definition) is 0. The summed E-state index contributed by atoms with van der Waals surface area (Å²) in [5.41, 5.74) is 0. The topological polar surface area (TPSA) is 26.3 Å². The Morgan fingerprint density at radius 1 is 1.00 bits per heavy atom. The van der Waals surface area contributed by atoms with Gasteiger partial charge < -0.3 is 4.74 Å². The molecule has 2 heteroatoms. The quantitative estimate of drug-likeness (QED) is 0.342. The van der Waals surface area contributed by atoms with Crippen molar-refractivity contribution in [3.8, 4) is 0 Å². The fraction of sp³-hybridized carbons (Fsp3) is 0.944. The molecule has 1 fully saturated rings. The van der Waals surface area contributed by atoms with Gasteiger partial charge in [0.2, 0.25) is 0 Å². The summed E-state index contributed by atoms with van der Waals surface area (Å²) in [6.45, 7) is 4.31. The summed E-state index contributed by atoms with van der Waals surface area (Å²) in [6, 6.07) is 0. The largest absolute Gasteiger partial charge is 0.462 e. The van der Waals surface area contributed by atoms with Crippen molar-refractivity contribution in [1.82, 2.24) is 0 Å². The zero-order chi connectivity index (χ0) is 14.6. The third-order valence-electron chi connectivity index (χ3n) is 4.47. The minimum Gasteiger partial charge on any atom is -0.462 e. The van der Waals surface area contributed by atoms with E-state index in [1.54, 1.807) is 0 Å². The summed E-state index contributed by atoms with van der Waals surface area (Å²) in [7, 11) is 0. The second kappa shape index (κ2) is 11.2. The van der Waals surface area contributed by atoms with Crippen molar-refractivity contribution in [2.45, 2.75) is 103 Å². The molecule has 0 saturated heterocycles. The molecule has 0 heterocycles. The summed E-state index contributed by atoms with van der Waals surface area (Å²) >= 11 is 0. The molecule has 118 valence electrons. The molecule has 2 nitrogen and oxygen atoms in total. The highest BCUT2D eigenvalue weighted by Crippen LogP contribution is 2.28. The third-order valence-corrected chi connectivity index (χ3v) is 4.47. The van der Waals surface area contributed by atoms with Crippen LogP contribution in [0.15, 0.2) is 0 Å². The predicted octanol–water partition coefficient (Wildman–Crippen LogP) is 5.64. The van der Waals surface area contributed by atoms with Gasteiger partial charge in [-0.15, -0.1) is 0 Å². The maximum absolute atomic E-state index is 11.7. The van der Waals surface area contributed by atoms with Crippen molar-refractivity contribution in [3.63, 3.8) is 0 Å². The standard InChI is InChI=1S/C18H34O2/c1-3-4-5-6-7-8-9-10-11-13-16(2)20-18(19)17-14-12-15-17/h16-17H,3-15H2,1-2H3. The molecule has 1 unspecified atom stereocenters. The molecule has 1 saturated carbocycles. The van der Waals surface area contributed by atoms with Gasteiger partial charge in [0.05, 0.1) is 12.0 Å². The number of rotatable bonds is 12. The van der Waals surface area contributed by atoms with Crippen molar-refractivity contribution in [2.75, 3.05) is 0 Å². The Balaban J connectivity index is 1.84. The molecule has 1 rings (SSSR count). The monoisotopic (exact) mass is 282 g/mol. The van der Waals surface area contributed by atoms with Gasteiger partial charge in [0, 0.05) is 0 Å². The SMILES string of the molecule is CCCCCCCCCCCC(C)OC(=O)C1CCC1. The Morgan fingerprint density at radius 3 is 2.05 bits per heavy atom. The summed E-state index contributed by atoms with van der Waals surface area (Å²) in [5.74, 6) is 0.278. The molecule has 0 radical (unpaired) electrons. The van der Waals surface area contributed by atoms with Crippen molar-refractivity contribution in [1.29, 1.82) is 0 Å². The Kier molecular flexibility index (Phi) is 9.78. The number of unbranched alkanes of at least 4 members (excludes halogenated alkanes) is 8. The van der Waals surface area contributed by atoms with E-state index in [1.165, 1.54) is 64.2 Å². The van der Waals surface area contributed by atoms with Gasteiger partial charge in [-0.2, -0.15) is 0 Å². The zero-order valence-corrected chi connectivity index (χ0v) is 13.7. The van der Waals surface area contributed by atoms with E-state index < -0.39 is 0 Å². The van der Waals surface area contributed by atoms with Crippen molar-refractivity contribution in [3.05, 3.63) is 0 Å². The van der Waals surface area contributed by atoms with Crippen LogP contribution in [0.2, 0.25) is 0 Å². The molecule has 0 bridgehead atoms. The van der Waals surface area contributed by atoms with Crippen LogP contribution in [0.25, 0.3) is 0 Å². The molecule has 1 aliphatic rings. The number of carbonyl (C=O) groups excluding carboxylic acids is 1. The van der Waals surface area contributed by atoms with Gasteiger partial charge in [-0.05, 0) is 32.6 Å². The Labute approximate surface area is 125 Å². The van der Waals surface area contributed by atoms with Crippen LogP contribution in [0.3, 0.4) is 0 Å². The molecule has 0 amide bonds. The van der Waals surface area contributed by atoms with Gasteiger partial charge in [-0.25, -0.2) is 0 Å². The summed E-state index contributed by atoms with van der Waals surface area (Å²) in [6.07, 6.45) is 16.6. The average Bonchev–Trinajstić information content (AvgIpc) is 2.34. The minimum atomic E-state index is 0.0553. The molecule has 20 heavy (non-hydrogen) atoms. The lowest BCUT2D eigenvalue weighted by Gasteiger charge is -2.25. The molecule has 0 aromatic heterocycles. The van der Waals surface area contributed by atoms with E-state index in [2.05, 4.69) is 6.92 Å². The van der Waals surface area contributed by atoms with Gasteiger partial charge >= 0.3 is 5.97 Å². The molecular formula is C18H34O2. The predicted molar refractivity (Wildman–Crippen MR) is 84.7 cm³/mol. The first kappa shape index (κ1) is 17.5. The third kappa shape index (κ3) is 7.91. The van der Waals surface area contributed by atoms with Crippen molar-refractivity contribution in [2.24, 2.45) is 5.92 Å². The van der Waals surface area contributed by atoms with Crippen LogP contribution in [0.4, 0.5) is 0 Å². The second-order valence-electron chi connectivity index (χ2n) is 6.49. The first-order valence-electron chi connectivity index (χ1n) is 8.94. The van der Waals surface area contributed by atoms with Gasteiger partial charge in [0.15, 0.2) is 0 Å². The highest BCUT2D eigenvalue weighted by Gasteiger charge is 2.27. The Morgan fingerprint density at radius 2 is 1.55 bits per heavy atom. The molecule has 1 aliphatic carbocycles. The van der Waals surface area contributed by atoms with Gasteiger partial charge in [0.25, 0.3) is 0 Å². The Bertz CT molecular complexity index is 246. The lowest BCUT2D eigenvalue weighted by atomic mass is 9.85. The minimum absolute atomic E-state index is 0.0553. The Hall–Kier alpha value is -0.530. The van der Waals surface area contributed by atoms with Gasteiger partial charge in [-0.1, -0.05) is 64.7 Å². The summed E-state index contributed by atoms with van der Waals surface area (Å²) < 4.78 is 5.49. The first-order valence-corrected chi connectivity index (χ1v) is 8.94. The van der Waals surface area contributed by atoms with E-state index in [0.29, 0.717) is 0 Å². The van der Waals surface area contributed by atoms with Crippen LogP contribution in [0.1, 0.15) is 97.3 Å². The number of ether oxygens (including phenoxy) is 1. The average molecular weight is 282 g/mol. The normalized spacial score (nSPS) is 16.7. The van der Waals surface area contributed by atoms with E-state index in [1.807, 2.05) is 6.92 Å². The van der Waals surface area contributed by atoms with Crippen LogP contribution in [-0.4, -0.2) is 12.1 Å². The van der Waals surface area contributed by atoms with E-state index in [4.69, 9.17) is 4.74 Å². The molecule has 0 spiro atoms. The van der Waals surface area contributed by atoms with E-state index in [-0.39, 0.29) is 18.0 Å². The fourth-order valence-electron chi connectivity index (χ4n) is 2.74. The van der Waals surface area contributed by atoms with Gasteiger partial charge in [0.1, 0.15) is 0 Å². The molecule has 0 aromatic carbocycles. The molecule has 0 aromatic rings. The first-order chi connectivity index (χ1) is 9.74. The number of hydrogen-bond acceptors (Lipinski definition) is 2. The van der Waals surface area contributed by atoms with Crippen LogP contribution >= 0.6 is 0 Å². The number of carbonyl (C=O) groups is 1. The molecule has 1 atom stereocenters. The highest BCUT2D eigenvalue weighted by molar-refractivity contribution is 5.73. The van der Waals surface area contributed by atoms with Crippen LogP contribution < -0.4 is 0 Å². The number of esters is 1. The van der Waals surface area contributed by atoms with Crippen LogP contribution in [-0.2, 0) is 9.53 Å². The maximum Gasteiger partial charge on any atom is 0.309 e. The van der Waals surface area contributed by atoms with Crippen molar-refractivity contribution >= 4 is 5.97 Å². The highest BCUT2D eigenvalue weighted by atomic mass is 16.5.